The molecule has 0 fully saturated rings. The Morgan fingerprint density at radius 1 is 0.231 bits per heavy atom. The van der Waals surface area contributed by atoms with Crippen LogP contribution >= 0.6 is 0 Å². The Hall–Kier alpha value is -0.280. The molecular formula is C58H118O7. The average molecular weight is 928 g/mol. The standard InChI is InChI=1S/C58H118O7/c1-7-13-19-25-31-37-43-51(59)57(52(60)44-38-32-26-20-14-8-2,53(61)45-39-33-27-21-15-9-3)49-65-50-58(54(62)46-40-34-28-22-16-10-4,55(63)47-41-35-29-23-17-11-5)56(64)48-42-36-30-24-18-12-6/h51-56,59-64H,7-50H2,1-6H3. The smallest absolute Gasteiger partial charge is 0.0714 e. The third kappa shape index (κ3) is 28.9. The number of aliphatic hydroxyl groups is 6. The lowest BCUT2D eigenvalue weighted by Crippen LogP contribution is -2.59. The first-order chi connectivity index (χ1) is 31.6. The molecule has 0 aromatic carbocycles. The highest BCUT2D eigenvalue weighted by Crippen LogP contribution is 2.43. The minimum absolute atomic E-state index is 0.0863. The van der Waals surface area contributed by atoms with Gasteiger partial charge in [0.05, 0.1) is 60.7 Å². The van der Waals surface area contributed by atoms with Crippen LogP contribution in [0.4, 0.5) is 0 Å². The second kappa shape index (κ2) is 44.9. The SMILES string of the molecule is CCCCCCCCC(O)C(COCC(C(O)CCCCCCCC)(C(O)CCCCCCCC)C(O)CCCCCCCC)(C(O)CCCCCCCC)C(O)CCCCCCCC. The molecule has 392 valence electrons. The van der Waals surface area contributed by atoms with E-state index < -0.39 is 47.5 Å². The molecule has 7 nitrogen and oxygen atoms in total. The van der Waals surface area contributed by atoms with Gasteiger partial charge in [-0.05, 0) is 38.5 Å². The van der Waals surface area contributed by atoms with Crippen LogP contribution < -0.4 is 0 Å². The molecule has 0 bridgehead atoms. The van der Waals surface area contributed by atoms with E-state index in [1.54, 1.807) is 0 Å². The first kappa shape index (κ1) is 64.7. The van der Waals surface area contributed by atoms with Crippen molar-refractivity contribution in [3.63, 3.8) is 0 Å². The molecule has 0 heterocycles. The second-order valence-corrected chi connectivity index (χ2v) is 21.2. The Morgan fingerprint density at radius 2 is 0.369 bits per heavy atom. The van der Waals surface area contributed by atoms with Crippen LogP contribution in [0.1, 0.15) is 311 Å². The predicted molar refractivity (Wildman–Crippen MR) is 280 cm³/mol. The summed E-state index contributed by atoms with van der Waals surface area (Å²) in [7, 11) is 0. The fraction of sp³-hybridized carbons (Fsp3) is 1.00. The Bertz CT molecular complexity index is 778. The number of hydrogen-bond donors (Lipinski definition) is 6. The molecule has 0 saturated carbocycles. The van der Waals surface area contributed by atoms with Crippen LogP contribution in [-0.2, 0) is 4.74 Å². The van der Waals surface area contributed by atoms with Crippen molar-refractivity contribution in [1.82, 2.24) is 0 Å². The molecule has 65 heavy (non-hydrogen) atoms. The minimum Gasteiger partial charge on any atom is -0.392 e. The molecule has 0 spiro atoms. The first-order valence-electron chi connectivity index (χ1n) is 29.3. The normalized spacial score (nSPS) is 16.8. The quantitative estimate of drug-likeness (QED) is 0.0335. The summed E-state index contributed by atoms with van der Waals surface area (Å²) in [5, 5.41) is 74.8. The monoisotopic (exact) mass is 927 g/mol. The van der Waals surface area contributed by atoms with E-state index in [9.17, 15) is 30.6 Å². The average Bonchev–Trinajstić information content (AvgIpc) is 3.30. The minimum atomic E-state index is -1.33. The molecule has 6 atom stereocenters. The number of ether oxygens (including phenoxy) is 1. The summed E-state index contributed by atoms with van der Waals surface area (Å²) in [6.45, 7) is 13.1. The van der Waals surface area contributed by atoms with E-state index in [-0.39, 0.29) is 13.2 Å². The van der Waals surface area contributed by atoms with Crippen molar-refractivity contribution >= 4 is 0 Å². The van der Waals surface area contributed by atoms with Crippen molar-refractivity contribution in [3.05, 3.63) is 0 Å². The largest absolute Gasteiger partial charge is 0.392 e. The number of unbranched alkanes of at least 4 members (excludes halogenated alkanes) is 30. The van der Waals surface area contributed by atoms with Crippen LogP contribution in [0.5, 0.6) is 0 Å². The van der Waals surface area contributed by atoms with Gasteiger partial charge in [-0.1, -0.05) is 273 Å². The van der Waals surface area contributed by atoms with Crippen LogP contribution in [-0.4, -0.2) is 80.5 Å². The second-order valence-electron chi connectivity index (χ2n) is 21.2. The van der Waals surface area contributed by atoms with Crippen molar-refractivity contribution in [1.29, 1.82) is 0 Å². The molecule has 0 radical (unpaired) electrons. The third-order valence-electron chi connectivity index (χ3n) is 15.4. The van der Waals surface area contributed by atoms with Crippen molar-refractivity contribution < 1.29 is 35.4 Å². The van der Waals surface area contributed by atoms with Crippen molar-refractivity contribution in [2.75, 3.05) is 13.2 Å². The first-order valence-corrected chi connectivity index (χ1v) is 29.3. The summed E-state index contributed by atoms with van der Waals surface area (Å²) in [5.41, 5.74) is -2.67. The van der Waals surface area contributed by atoms with Gasteiger partial charge in [-0.15, -0.1) is 0 Å². The van der Waals surface area contributed by atoms with Crippen LogP contribution in [0.15, 0.2) is 0 Å². The van der Waals surface area contributed by atoms with Gasteiger partial charge in [-0.25, -0.2) is 0 Å². The maximum atomic E-state index is 12.5. The van der Waals surface area contributed by atoms with E-state index in [4.69, 9.17) is 4.74 Å². The topological polar surface area (TPSA) is 131 Å². The van der Waals surface area contributed by atoms with Gasteiger partial charge in [0, 0.05) is 0 Å². The van der Waals surface area contributed by atoms with Gasteiger partial charge in [0.25, 0.3) is 0 Å². The summed E-state index contributed by atoms with van der Waals surface area (Å²) >= 11 is 0. The number of rotatable bonds is 52. The molecule has 6 unspecified atom stereocenters. The lowest BCUT2D eigenvalue weighted by molar-refractivity contribution is -0.212. The zero-order valence-corrected chi connectivity index (χ0v) is 44.7. The Kier molecular flexibility index (Phi) is 44.7. The Balaban J connectivity index is 7.06. The van der Waals surface area contributed by atoms with Gasteiger partial charge >= 0.3 is 0 Å². The lowest BCUT2D eigenvalue weighted by atomic mass is 9.67. The zero-order valence-electron chi connectivity index (χ0n) is 44.7. The third-order valence-corrected chi connectivity index (χ3v) is 15.4. The fourth-order valence-corrected chi connectivity index (χ4v) is 10.6. The number of aliphatic hydroxyl groups excluding tert-OH is 6. The maximum Gasteiger partial charge on any atom is 0.0714 e. The molecule has 6 N–H and O–H groups in total. The van der Waals surface area contributed by atoms with E-state index in [1.165, 1.54) is 116 Å². The lowest BCUT2D eigenvalue weighted by Gasteiger charge is -2.48. The summed E-state index contributed by atoms with van der Waals surface area (Å²) in [5.74, 6) is 0. The predicted octanol–water partition coefficient (Wildman–Crippen LogP) is 15.6. The molecule has 0 aromatic rings. The fourth-order valence-electron chi connectivity index (χ4n) is 10.6. The van der Waals surface area contributed by atoms with Gasteiger partial charge < -0.3 is 35.4 Å². The summed E-state index contributed by atoms with van der Waals surface area (Å²) in [6.07, 6.45) is 35.8. The van der Waals surface area contributed by atoms with E-state index in [0.717, 1.165) is 116 Å². The van der Waals surface area contributed by atoms with Gasteiger partial charge in [0.1, 0.15) is 0 Å². The van der Waals surface area contributed by atoms with Gasteiger partial charge in [0.2, 0.25) is 0 Å². The molecule has 0 aliphatic heterocycles. The highest BCUT2D eigenvalue weighted by molar-refractivity contribution is 5.01. The maximum absolute atomic E-state index is 12.5. The molecule has 0 aliphatic rings. The highest BCUT2D eigenvalue weighted by atomic mass is 16.5. The molecular weight excluding hydrogens is 809 g/mol. The van der Waals surface area contributed by atoms with E-state index in [1.807, 2.05) is 0 Å². The summed E-state index contributed by atoms with van der Waals surface area (Å²) < 4.78 is 6.89. The highest BCUT2D eigenvalue weighted by Gasteiger charge is 2.53. The van der Waals surface area contributed by atoms with Crippen LogP contribution in [0.3, 0.4) is 0 Å². The van der Waals surface area contributed by atoms with Crippen LogP contribution in [0.2, 0.25) is 0 Å². The van der Waals surface area contributed by atoms with Gasteiger partial charge in [0.15, 0.2) is 0 Å². The van der Waals surface area contributed by atoms with Crippen molar-refractivity contribution in [2.24, 2.45) is 10.8 Å². The molecule has 0 amide bonds. The van der Waals surface area contributed by atoms with E-state index in [0.29, 0.717) is 38.5 Å². The summed E-state index contributed by atoms with van der Waals surface area (Å²) in [4.78, 5) is 0. The molecule has 0 aromatic heterocycles. The van der Waals surface area contributed by atoms with Gasteiger partial charge in [-0.2, -0.15) is 0 Å². The summed E-state index contributed by atoms with van der Waals surface area (Å²) in [6, 6.07) is 0. The molecule has 0 saturated heterocycles. The Labute approximate surface area is 405 Å². The Morgan fingerprint density at radius 3 is 0.523 bits per heavy atom. The number of hydrogen-bond acceptors (Lipinski definition) is 7. The van der Waals surface area contributed by atoms with Crippen molar-refractivity contribution in [3.8, 4) is 0 Å². The van der Waals surface area contributed by atoms with E-state index in [2.05, 4.69) is 41.5 Å². The molecule has 0 rings (SSSR count). The van der Waals surface area contributed by atoms with Crippen LogP contribution in [0.25, 0.3) is 0 Å². The van der Waals surface area contributed by atoms with E-state index >= 15 is 0 Å². The van der Waals surface area contributed by atoms with Crippen molar-refractivity contribution in [2.45, 2.75) is 348 Å². The van der Waals surface area contributed by atoms with Crippen LogP contribution in [0, 0.1) is 10.8 Å². The molecule has 7 heteroatoms. The molecule has 0 aliphatic carbocycles. The zero-order chi connectivity index (χ0) is 48.3. The van der Waals surface area contributed by atoms with Gasteiger partial charge in [-0.3, -0.25) is 0 Å².